The molecule has 3 nitrogen and oxygen atoms in total. The predicted octanol–water partition coefficient (Wildman–Crippen LogP) is 1.40. The SMILES string of the molecule is COc1ccc(C2(CO)CCN(C)C2)cc1F. The number of likely N-dealkylation sites (tertiary alicyclic amines) is 1. The summed E-state index contributed by atoms with van der Waals surface area (Å²) < 4.78 is 18.6. The molecule has 0 radical (unpaired) electrons. The first-order valence-corrected chi connectivity index (χ1v) is 5.75. The van der Waals surface area contributed by atoms with Crippen LogP contribution in [0.1, 0.15) is 12.0 Å². The Morgan fingerprint density at radius 1 is 1.53 bits per heavy atom. The van der Waals surface area contributed by atoms with Gasteiger partial charge in [-0.3, -0.25) is 0 Å². The standard InChI is InChI=1S/C13H18FNO2/c1-15-6-5-13(8-15,9-16)10-3-4-12(17-2)11(14)7-10/h3-4,7,16H,5-6,8-9H2,1-2H3. The van der Waals surface area contributed by atoms with E-state index in [9.17, 15) is 9.50 Å². The van der Waals surface area contributed by atoms with Crippen molar-refractivity contribution in [3.8, 4) is 5.75 Å². The van der Waals surface area contributed by atoms with E-state index in [1.807, 2.05) is 13.1 Å². The Bertz CT molecular complexity index is 410. The van der Waals surface area contributed by atoms with Gasteiger partial charge in [0.1, 0.15) is 0 Å². The lowest BCUT2D eigenvalue weighted by Crippen LogP contribution is -2.33. The van der Waals surface area contributed by atoms with E-state index in [4.69, 9.17) is 4.74 Å². The largest absolute Gasteiger partial charge is 0.494 e. The van der Waals surface area contributed by atoms with Crippen LogP contribution in [0.4, 0.5) is 4.39 Å². The summed E-state index contributed by atoms with van der Waals surface area (Å²) in [5, 5.41) is 9.62. The minimum absolute atomic E-state index is 0.0448. The van der Waals surface area contributed by atoms with E-state index in [-0.39, 0.29) is 23.6 Å². The summed E-state index contributed by atoms with van der Waals surface area (Å²) in [6.07, 6.45) is 0.853. The van der Waals surface area contributed by atoms with Gasteiger partial charge in [0.2, 0.25) is 0 Å². The Balaban J connectivity index is 2.35. The summed E-state index contributed by atoms with van der Waals surface area (Å²) in [6.45, 7) is 1.73. The molecule has 0 bridgehead atoms. The molecule has 0 aromatic heterocycles. The van der Waals surface area contributed by atoms with Crippen molar-refractivity contribution < 1.29 is 14.2 Å². The molecule has 94 valence electrons. The van der Waals surface area contributed by atoms with Crippen LogP contribution in [-0.2, 0) is 5.41 Å². The molecule has 1 heterocycles. The van der Waals surface area contributed by atoms with Crippen LogP contribution < -0.4 is 4.74 Å². The molecule has 1 aromatic carbocycles. The molecule has 1 aliphatic heterocycles. The summed E-state index contributed by atoms with van der Waals surface area (Å²) in [5.74, 6) is -0.124. The zero-order valence-electron chi connectivity index (χ0n) is 10.2. The fourth-order valence-corrected chi connectivity index (χ4v) is 2.53. The number of hydrogen-bond donors (Lipinski definition) is 1. The molecule has 0 amide bonds. The molecule has 0 spiro atoms. The summed E-state index contributed by atoms with van der Waals surface area (Å²) in [4.78, 5) is 2.15. The first-order valence-electron chi connectivity index (χ1n) is 5.75. The Hall–Kier alpha value is -1.13. The zero-order valence-corrected chi connectivity index (χ0v) is 10.2. The van der Waals surface area contributed by atoms with Crippen LogP contribution in [0.3, 0.4) is 0 Å². The second-order valence-electron chi connectivity index (χ2n) is 4.78. The summed E-state index contributed by atoms with van der Waals surface area (Å²) >= 11 is 0. The van der Waals surface area contributed by atoms with Crippen molar-refractivity contribution in [2.75, 3.05) is 33.9 Å². The topological polar surface area (TPSA) is 32.7 Å². The molecule has 1 unspecified atom stereocenters. The van der Waals surface area contributed by atoms with Crippen molar-refractivity contribution in [3.63, 3.8) is 0 Å². The first-order chi connectivity index (χ1) is 8.11. The molecule has 1 saturated heterocycles. The third-order valence-electron chi connectivity index (χ3n) is 3.61. The molecule has 1 atom stereocenters. The maximum atomic E-state index is 13.7. The van der Waals surface area contributed by atoms with Gasteiger partial charge in [-0.25, -0.2) is 4.39 Å². The first kappa shape index (κ1) is 12.3. The molecule has 1 fully saturated rings. The average molecular weight is 239 g/mol. The molecular formula is C13H18FNO2. The number of likely N-dealkylation sites (N-methyl/N-ethyl adjacent to an activating group) is 1. The van der Waals surface area contributed by atoms with Crippen LogP contribution in [0.2, 0.25) is 0 Å². The van der Waals surface area contributed by atoms with Gasteiger partial charge in [0, 0.05) is 12.0 Å². The lowest BCUT2D eigenvalue weighted by atomic mass is 9.80. The molecule has 1 aromatic rings. The Morgan fingerprint density at radius 2 is 2.29 bits per heavy atom. The molecular weight excluding hydrogens is 221 g/mol. The molecule has 2 rings (SSSR count). The lowest BCUT2D eigenvalue weighted by Gasteiger charge is -2.27. The third kappa shape index (κ3) is 2.15. The van der Waals surface area contributed by atoms with Gasteiger partial charge in [0.15, 0.2) is 11.6 Å². The summed E-state index contributed by atoms with van der Waals surface area (Å²) in [6, 6.07) is 4.95. The number of ether oxygens (including phenoxy) is 1. The van der Waals surface area contributed by atoms with Gasteiger partial charge in [-0.2, -0.15) is 0 Å². The van der Waals surface area contributed by atoms with E-state index in [1.54, 1.807) is 6.07 Å². The normalized spacial score (nSPS) is 25.2. The van der Waals surface area contributed by atoms with E-state index in [2.05, 4.69) is 4.90 Å². The van der Waals surface area contributed by atoms with E-state index in [0.717, 1.165) is 25.1 Å². The van der Waals surface area contributed by atoms with Gasteiger partial charge in [0.05, 0.1) is 13.7 Å². The average Bonchev–Trinajstić information content (AvgIpc) is 2.72. The van der Waals surface area contributed by atoms with Gasteiger partial charge in [-0.1, -0.05) is 6.07 Å². The summed E-state index contributed by atoms with van der Waals surface area (Å²) in [7, 11) is 3.46. The second-order valence-corrected chi connectivity index (χ2v) is 4.78. The molecule has 1 N–H and O–H groups in total. The fourth-order valence-electron chi connectivity index (χ4n) is 2.53. The highest BCUT2D eigenvalue weighted by Gasteiger charge is 2.38. The quantitative estimate of drug-likeness (QED) is 0.865. The van der Waals surface area contributed by atoms with Gasteiger partial charge in [0.25, 0.3) is 0 Å². The minimum atomic E-state index is -0.368. The monoisotopic (exact) mass is 239 g/mol. The number of benzene rings is 1. The van der Waals surface area contributed by atoms with Crippen LogP contribution in [0, 0.1) is 5.82 Å². The van der Waals surface area contributed by atoms with E-state index in [0.29, 0.717) is 0 Å². The highest BCUT2D eigenvalue weighted by Crippen LogP contribution is 2.35. The molecule has 0 saturated carbocycles. The van der Waals surface area contributed by atoms with Gasteiger partial charge in [-0.15, -0.1) is 0 Å². The smallest absolute Gasteiger partial charge is 0.165 e. The molecule has 4 heteroatoms. The molecule has 1 aliphatic rings. The van der Waals surface area contributed by atoms with Gasteiger partial charge < -0.3 is 14.7 Å². The number of nitrogens with zero attached hydrogens (tertiary/aromatic N) is 1. The third-order valence-corrected chi connectivity index (χ3v) is 3.61. The molecule has 17 heavy (non-hydrogen) atoms. The second kappa shape index (κ2) is 4.63. The maximum absolute atomic E-state index is 13.7. The van der Waals surface area contributed by atoms with Crippen molar-refractivity contribution in [1.82, 2.24) is 4.90 Å². The van der Waals surface area contributed by atoms with Crippen molar-refractivity contribution in [3.05, 3.63) is 29.6 Å². The highest BCUT2D eigenvalue weighted by molar-refractivity contribution is 5.35. The van der Waals surface area contributed by atoms with Crippen molar-refractivity contribution in [1.29, 1.82) is 0 Å². The fraction of sp³-hybridized carbons (Fsp3) is 0.538. The van der Waals surface area contributed by atoms with Crippen molar-refractivity contribution >= 4 is 0 Å². The van der Waals surface area contributed by atoms with Crippen LogP contribution in [0.5, 0.6) is 5.75 Å². The maximum Gasteiger partial charge on any atom is 0.165 e. The van der Waals surface area contributed by atoms with Crippen molar-refractivity contribution in [2.24, 2.45) is 0 Å². The highest BCUT2D eigenvalue weighted by atomic mass is 19.1. The van der Waals surface area contributed by atoms with E-state index < -0.39 is 0 Å². The number of methoxy groups -OCH3 is 1. The number of rotatable bonds is 3. The number of hydrogen-bond acceptors (Lipinski definition) is 3. The van der Waals surface area contributed by atoms with Crippen LogP contribution in [0.25, 0.3) is 0 Å². The summed E-state index contributed by atoms with van der Waals surface area (Å²) in [5.41, 5.74) is 0.518. The number of halogens is 1. The number of aliphatic hydroxyl groups excluding tert-OH is 1. The van der Waals surface area contributed by atoms with Gasteiger partial charge in [-0.05, 0) is 37.7 Å². The lowest BCUT2D eigenvalue weighted by molar-refractivity contribution is 0.194. The Morgan fingerprint density at radius 3 is 2.76 bits per heavy atom. The minimum Gasteiger partial charge on any atom is -0.494 e. The van der Waals surface area contributed by atoms with Crippen LogP contribution in [0.15, 0.2) is 18.2 Å². The number of aliphatic hydroxyl groups is 1. The predicted molar refractivity (Wildman–Crippen MR) is 63.8 cm³/mol. The van der Waals surface area contributed by atoms with Crippen LogP contribution in [-0.4, -0.2) is 43.9 Å². The zero-order chi connectivity index (χ0) is 12.5. The van der Waals surface area contributed by atoms with E-state index >= 15 is 0 Å². The van der Waals surface area contributed by atoms with Crippen LogP contribution >= 0.6 is 0 Å². The van der Waals surface area contributed by atoms with Crippen molar-refractivity contribution in [2.45, 2.75) is 11.8 Å². The Labute approximate surface area is 101 Å². The van der Waals surface area contributed by atoms with Gasteiger partial charge >= 0.3 is 0 Å². The molecule has 0 aliphatic carbocycles. The Kier molecular flexibility index (Phi) is 3.35. The van der Waals surface area contributed by atoms with E-state index in [1.165, 1.54) is 13.2 Å².